The summed E-state index contributed by atoms with van der Waals surface area (Å²) in [4.78, 5) is 79.6. The van der Waals surface area contributed by atoms with Crippen molar-refractivity contribution in [2.24, 2.45) is 44.4 Å². The minimum Gasteiger partial charge on any atom is -0.481 e. The van der Waals surface area contributed by atoms with E-state index in [1.54, 1.807) is 0 Å². The average Bonchev–Trinajstić information content (AvgIpc) is 2.80. The number of hydrogen-bond acceptors (Lipinski definition) is 9. The third kappa shape index (κ3) is 15.9. The number of carboxylic acid groups (broad SMARTS) is 2. The zero-order valence-corrected chi connectivity index (χ0v) is 21.2. The lowest BCUT2D eigenvalue weighted by molar-refractivity contribution is -0.141. The molecule has 0 fully saturated rings. The molecule has 0 aromatic heterocycles. The first-order valence-electron chi connectivity index (χ1n) is 11.6. The third-order valence-corrected chi connectivity index (χ3v) is 4.93. The number of aliphatic imine (C=N–C) groups is 2. The first kappa shape index (κ1) is 34.3. The van der Waals surface area contributed by atoms with E-state index in [1.165, 1.54) is 0 Å². The van der Waals surface area contributed by atoms with E-state index in [2.05, 4.69) is 25.9 Å². The summed E-state index contributed by atoms with van der Waals surface area (Å²) in [6.45, 7) is 0.185. The fraction of sp³-hybridized carbons (Fsp3) is 0.600. The number of amides is 4. The molecule has 4 atom stereocenters. The van der Waals surface area contributed by atoms with Crippen molar-refractivity contribution in [3.05, 3.63) is 0 Å². The monoisotopic (exact) mass is 559 g/mol. The van der Waals surface area contributed by atoms with Gasteiger partial charge in [0.15, 0.2) is 11.9 Å². The molecule has 19 heteroatoms. The molecule has 0 radical (unpaired) electrons. The van der Waals surface area contributed by atoms with Gasteiger partial charge in [-0.05, 0) is 25.7 Å². The van der Waals surface area contributed by atoms with E-state index in [4.69, 9.17) is 39.5 Å². The number of nitrogens with zero attached hydrogens (tertiary/aromatic N) is 2. The molecule has 0 bridgehead atoms. The molecule has 0 aliphatic carbocycles. The van der Waals surface area contributed by atoms with Crippen LogP contribution in [0.25, 0.3) is 0 Å². The zero-order valence-electron chi connectivity index (χ0n) is 21.2. The van der Waals surface area contributed by atoms with Crippen LogP contribution in [0.4, 0.5) is 0 Å². The van der Waals surface area contributed by atoms with Crippen molar-refractivity contribution in [2.75, 3.05) is 13.1 Å². The Morgan fingerprint density at radius 3 is 1.46 bits per heavy atom. The Morgan fingerprint density at radius 1 is 0.615 bits per heavy atom. The van der Waals surface area contributed by atoms with Crippen molar-refractivity contribution >= 4 is 47.5 Å². The van der Waals surface area contributed by atoms with E-state index in [1.807, 2.05) is 0 Å². The molecule has 0 aromatic carbocycles. The molecule has 0 unspecified atom stereocenters. The minimum atomic E-state index is -1.68. The first-order chi connectivity index (χ1) is 18.1. The lowest BCUT2D eigenvalue weighted by Gasteiger charge is -2.24. The molecule has 220 valence electrons. The van der Waals surface area contributed by atoms with Gasteiger partial charge in [0, 0.05) is 13.1 Å². The number of carbonyl (C=O) groups excluding carboxylic acids is 4. The summed E-state index contributed by atoms with van der Waals surface area (Å²) >= 11 is 0. The van der Waals surface area contributed by atoms with E-state index in [0.29, 0.717) is 0 Å². The van der Waals surface area contributed by atoms with E-state index in [-0.39, 0.29) is 50.7 Å². The van der Waals surface area contributed by atoms with Crippen LogP contribution in [0.1, 0.15) is 38.5 Å². The highest BCUT2D eigenvalue weighted by atomic mass is 16.4. The van der Waals surface area contributed by atoms with Gasteiger partial charge in [-0.15, -0.1) is 0 Å². The highest BCUT2D eigenvalue weighted by Gasteiger charge is 2.31. The van der Waals surface area contributed by atoms with Crippen LogP contribution in [0.15, 0.2) is 9.98 Å². The molecule has 39 heavy (non-hydrogen) atoms. The minimum absolute atomic E-state index is 0.0104. The predicted molar refractivity (Wildman–Crippen MR) is 137 cm³/mol. The van der Waals surface area contributed by atoms with Crippen LogP contribution in [0.3, 0.4) is 0 Å². The van der Waals surface area contributed by atoms with Gasteiger partial charge in [0.25, 0.3) is 0 Å². The zero-order chi connectivity index (χ0) is 30.1. The molecule has 0 saturated heterocycles. The predicted octanol–water partition coefficient (Wildman–Crippen LogP) is -5.69. The number of aliphatic carboxylic acids is 2. The summed E-state index contributed by atoms with van der Waals surface area (Å²) in [5.74, 6) is -7.14. The Kier molecular flexibility index (Phi) is 15.6. The van der Waals surface area contributed by atoms with Gasteiger partial charge < -0.3 is 60.6 Å². The van der Waals surface area contributed by atoms with Crippen LogP contribution < -0.4 is 50.4 Å². The van der Waals surface area contributed by atoms with Gasteiger partial charge in [0.2, 0.25) is 23.6 Å². The second kappa shape index (κ2) is 17.7. The standard InChI is InChI=1S/C20H37N11O8/c21-9(7-13(32)33)16(37)30-11(4-2-6-28-20(25)26)17(38)31-12(8-14(34)35)18(39)29-10(15(22)36)3-1-5-27-19(23)24/h9-12H,1-8,21H2,(H2,22,36)(H,29,39)(H,30,37)(H,31,38)(H,32,33)(H,34,35)(H4,23,24,27)(H4,25,26,28)/t9-,10-,11-,12-/m0/s1. The first-order valence-corrected chi connectivity index (χ1v) is 11.6. The van der Waals surface area contributed by atoms with Crippen molar-refractivity contribution in [1.82, 2.24) is 16.0 Å². The number of carbonyl (C=O) groups is 6. The van der Waals surface area contributed by atoms with Crippen molar-refractivity contribution in [3.63, 3.8) is 0 Å². The van der Waals surface area contributed by atoms with Gasteiger partial charge in [-0.25, -0.2) is 0 Å². The number of primary amides is 1. The molecule has 17 N–H and O–H groups in total. The normalized spacial score (nSPS) is 13.5. The lowest BCUT2D eigenvalue weighted by atomic mass is 10.1. The van der Waals surface area contributed by atoms with Crippen LogP contribution in [0.2, 0.25) is 0 Å². The Bertz CT molecular complexity index is 948. The highest BCUT2D eigenvalue weighted by molar-refractivity contribution is 5.96. The van der Waals surface area contributed by atoms with Gasteiger partial charge in [-0.2, -0.15) is 0 Å². The van der Waals surface area contributed by atoms with Crippen LogP contribution >= 0.6 is 0 Å². The molecule has 0 saturated carbocycles. The van der Waals surface area contributed by atoms with Crippen molar-refractivity contribution in [2.45, 2.75) is 62.7 Å². The topological polar surface area (TPSA) is 360 Å². The second-order valence-corrected chi connectivity index (χ2v) is 8.29. The summed E-state index contributed by atoms with van der Waals surface area (Å²) < 4.78 is 0. The second-order valence-electron chi connectivity index (χ2n) is 8.29. The van der Waals surface area contributed by atoms with Gasteiger partial charge >= 0.3 is 11.9 Å². The number of rotatable bonds is 19. The van der Waals surface area contributed by atoms with E-state index in [0.717, 1.165) is 0 Å². The molecule has 19 nitrogen and oxygen atoms in total. The fourth-order valence-electron chi connectivity index (χ4n) is 3.05. The Balaban J connectivity index is 5.63. The Morgan fingerprint density at radius 2 is 1.03 bits per heavy atom. The van der Waals surface area contributed by atoms with Gasteiger partial charge in [-0.1, -0.05) is 0 Å². The van der Waals surface area contributed by atoms with Crippen molar-refractivity contribution < 1.29 is 39.0 Å². The number of carboxylic acids is 2. The summed E-state index contributed by atoms with van der Waals surface area (Å²) in [7, 11) is 0. The molecule has 0 aromatic rings. The van der Waals surface area contributed by atoms with Gasteiger partial charge in [0.05, 0.1) is 18.9 Å². The molecular weight excluding hydrogens is 522 g/mol. The maximum atomic E-state index is 13.0. The quantitative estimate of drug-likeness (QED) is 0.0399. The fourth-order valence-corrected chi connectivity index (χ4v) is 3.05. The van der Waals surface area contributed by atoms with Crippen molar-refractivity contribution in [1.29, 1.82) is 0 Å². The van der Waals surface area contributed by atoms with Crippen LogP contribution in [0, 0.1) is 0 Å². The number of nitrogens with one attached hydrogen (secondary N) is 3. The third-order valence-electron chi connectivity index (χ3n) is 4.93. The lowest BCUT2D eigenvalue weighted by Crippen LogP contribution is -2.58. The summed E-state index contributed by atoms with van der Waals surface area (Å²) in [5, 5.41) is 24.8. The summed E-state index contributed by atoms with van der Waals surface area (Å²) in [6.07, 6.45) is -1.30. The molecule has 0 aliphatic heterocycles. The van der Waals surface area contributed by atoms with E-state index < -0.39 is 72.6 Å². The number of nitrogens with two attached hydrogens (primary N) is 6. The molecule has 4 amide bonds. The van der Waals surface area contributed by atoms with E-state index in [9.17, 15) is 33.9 Å². The molecular formula is C20H37N11O8. The van der Waals surface area contributed by atoms with Crippen LogP contribution in [-0.2, 0) is 28.8 Å². The van der Waals surface area contributed by atoms with Crippen molar-refractivity contribution in [3.8, 4) is 0 Å². The Labute approximate surface area is 223 Å². The van der Waals surface area contributed by atoms with Crippen LogP contribution in [-0.4, -0.2) is 95.0 Å². The largest absolute Gasteiger partial charge is 0.481 e. The van der Waals surface area contributed by atoms with Crippen LogP contribution in [0.5, 0.6) is 0 Å². The highest BCUT2D eigenvalue weighted by Crippen LogP contribution is 2.05. The molecule has 0 heterocycles. The smallest absolute Gasteiger partial charge is 0.305 e. The number of hydrogen-bond donors (Lipinski definition) is 11. The van der Waals surface area contributed by atoms with Gasteiger partial charge in [0.1, 0.15) is 18.1 Å². The molecule has 0 aliphatic rings. The van der Waals surface area contributed by atoms with Gasteiger partial charge in [-0.3, -0.25) is 38.8 Å². The molecule has 0 spiro atoms. The number of guanidine groups is 2. The average molecular weight is 560 g/mol. The maximum Gasteiger partial charge on any atom is 0.305 e. The summed E-state index contributed by atoms with van der Waals surface area (Å²) in [6, 6.07) is -5.78. The molecule has 0 rings (SSSR count). The summed E-state index contributed by atoms with van der Waals surface area (Å²) in [5.41, 5.74) is 31.8. The maximum absolute atomic E-state index is 13.0. The SMILES string of the molecule is NC(=O)[C@H](CCCN=C(N)N)NC(=O)[C@H](CC(=O)O)NC(=O)[C@H](CCCN=C(N)N)NC(=O)[C@@H](N)CC(=O)O. The van der Waals surface area contributed by atoms with E-state index >= 15 is 0 Å². The Hall–Kier alpha value is -4.68.